The molecule has 1 aliphatic rings. The van der Waals surface area contributed by atoms with Gasteiger partial charge in [0.2, 0.25) is 0 Å². The lowest BCUT2D eigenvalue weighted by Gasteiger charge is -2.33. The first-order chi connectivity index (χ1) is 11.8. The highest BCUT2D eigenvalue weighted by Gasteiger charge is 2.27. The van der Waals surface area contributed by atoms with Gasteiger partial charge in [0.05, 0.1) is 13.2 Å². The summed E-state index contributed by atoms with van der Waals surface area (Å²) >= 11 is 0. The number of benzene rings is 2. The second kappa shape index (κ2) is 8.32. The minimum absolute atomic E-state index is 0.320. The lowest BCUT2D eigenvalue weighted by molar-refractivity contribution is 0.0765. The summed E-state index contributed by atoms with van der Waals surface area (Å²) in [7, 11) is 1.66. The first kappa shape index (κ1) is 17.0. The molecule has 3 rings (SSSR count). The van der Waals surface area contributed by atoms with Crippen LogP contribution < -0.4 is 10.1 Å². The molecule has 1 aliphatic heterocycles. The van der Waals surface area contributed by atoms with E-state index >= 15 is 0 Å². The number of nitrogens with one attached hydrogen (secondary N) is 1. The van der Waals surface area contributed by atoms with Crippen LogP contribution in [0.4, 0.5) is 0 Å². The number of aryl methyl sites for hydroxylation is 1. The Bertz CT molecular complexity index is 611. The SMILES string of the molecule is COc1ccc(C(O)C2CCNC(CCc3ccccc3)C2)cc1. The number of methoxy groups -OCH3 is 1. The molecule has 0 aliphatic carbocycles. The number of aliphatic hydroxyl groups is 1. The Balaban J connectivity index is 1.56. The molecule has 0 amide bonds. The molecule has 1 heterocycles. The lowest BCUT2D eigenvalue weighted by atomic mass is 9.83. The van der Waals surface area contributed by atoms with Crippen molar-refractivity contribution in [2.75, 3.05) is 13.7 Å². The van der Waals surface area contributed by atoms with E-state index in [-0.39, 0.29) is 0 Å². The van der Waals surface area contributed by atoms with Crippen molar-refractivity contribution >= 4 is 0 Å². The third-order valence-electron chi connectivity index (χ3n) is 5.06. The van der Waals surface area contributed by atoms with E-state index < -0.39 is 6.10 Å². The van der Waals surface area contributed by atoms with E-state index in [0.717, 1.165) is 43.5 Å². The van der Waals surface area contributed by atoms with Gasteiger partial charge in [-0.3, -0.25) is 0 Å². The van der Waals surface area contributed by atoms with E-state index in [1.165, 1.54) is 5.56 Å². The van der Waals surface area contributed by atoms with Crippen molar-refractivity contribution < 1.29 is 9.84 Å². The largest absolute Gasteiger partial charge is 0.497 e. The van der Waals surface area contributed by atoms with Crippen molar-refractivity contribution in [3.05, 3.63) is 65.7 Å². The molecule has 0 spiro atoms. The quantitative estimate of drug-likeness (QED) is 0.850. The maximum Gasteiger partial charge on any atom is 0.118 e. The van der Waals surface area contributed by atoms with Gasteiger partial charge in [-0.2, -0.15) is 0 Å². The van der Waals surface area contributed by atoms with Crippen LogP contribution in [0.3, 0.4) is 0 Å². The fraction of sp³-hybridized carbons (Fsp3) is 0.429. The van der Waals surface area contributed by atoms with Crippen LogP contribution in [0, 0.1) is 5.92 Å². The molecule has 0 radical (unpaired) electrons. The molecule has 2 N–H and O–H groups in total. The van der Waals surface area contributed by atoms with Crippen molar-refractivity contribution in [2.45, 2.75) is 37.8 Å². The number of ether oxygens (including phenoxy) is 1. The Morgan fingerprint density at radius 3 is 2.58 bits per heavy atom. The highest BCUT2D eigenvalue weighted by atomic mass is 16.5. The van der Waals surface area contributed by atoms with E-state index in [1.54, 1.807) is 7.11 Å². The molecule has 3 nitrogen and oxygen atoms in total. The van der Waals surface area contributed by atoms with Gasteiger partial charge in [0.1, 0.15) is 5.75 Å². The zero-order chi connectivity index (χ0) is 16.8. The number of aliphatic hydroxyl groups excluding tert-OH is 1. The van der Waals surface area contributed by atoms with Crippen molar-refractivity contribution in [3.63, 3.8) is 0 Å². The van der Waals surface area contributed by atoms with E-state index in [4.69, 9.17) is 4.74 Å². The number of rotatable bonds is 6. The van der Waals surface area contributed by atoms with E-state index in [0.29, 0.717) is 12.0 Å². The summed E-state index contributed by atoms with van der Waals surface area (Å²) in [4.78, 5) is 0. The van der Waals surface area contributed by atoms with Crippen molar-refractivity contribution in [1.29, 1.82) is 0 Å². The maximum atomic E-state index is 10.7. The fourth-order valence-electron chi connectivity index (χ4n) is 3.60. The monoisotopic (exact) mass is 325 g/mol. The molecular weight excluding hydrogens is 298 g/mol. The van der Waals surface area contributed by atoms with Crippen LogP contribution in [0.5, 0.6) is 5.75 Å². The number of hydrogen-bond acceptors (Lipinski definition) is 3. The number of piperidine rings is 1. The zero-order valence-corrected chi connectivity index (χ0v) is 14.3. The molecule has 0 aromatic heterocycles. The highest BCUT2D eigenvalue weighted by Crippen LogP contribution is 2.32. The lowest BCUT2D eigenvalue weighted by Crippen LogP contribution is -2.40. The molecule has 1 fully saturated rings. The number of hydrogen-bond donors (Lipinski definition) is 2. The normalized spacial score (nSPS) is 22.1. The van der Waals surface area contributed by atoms with Gasteiger partial charge in [-0.15, -0.1) is 0 Å². The average Bonchev–Trinajstić information content (AvgIpc) is 2.67. The van der Waals surface area contributed by atoms with Crippen molar-refractivity contribution in [1.82, 2.24) is 5.32 Å². The van der Waals surface area contributed by atoms with Crippen molar-refractivity contribution in [3.8, 4) is 5.75 Å². The van der Waals surface area contributed by atoms with Gasteiger partial charge in [-0.05, 0) is 61.4 Å². The van der Waals surface area contributed by atoms with Gasteiger partial charge in [-0.25, -0.2) is 0 Å². The minimum Gasteiger partial charge on any atom is -0.497 e. The molecule has 1 saturated heterocycles. The van der Waals surface area contributed by atoms with Crippen LogP contribution in [0.1, 0.15) is 36.5 Å². The highest BCUT2D eigenvalue weighted by molar-refractivity contribution is 5.28. The topological polar surface area (TPSA) is 41.5 Å². The molecule has 3 unspecified atom stereocenters. The van der Waals surface area contributed by atoms with E-state index in [2.05, 4.69) is 35.6 Å². The maximum absolute atomic E-state index is 10.7. The molecular formula is C21H27NO2. The van der Waals surface area contributed by atoms with Crippen LogP contribution >= 0.6 is 0 Å². The molecule has 3 heteroatoms. The molecule has 2 aromatic rings. The summed E-state index contributed by atoms with van der Waals surface area (Å²) in [5.74, 6) is 1.15. The van der Waals surface area contributed by atoms with Crippen LogP contribution in [0.2, 0.25) is 0 Å². The zero-order valence-electron chi connectivity index (χ0n) is 14.3. The fourth-order valence-corrected chi connectivity index (χ4v) is 3.60. The first-order valence-electron chi connectivity index (χ1n) is 8.85. The van der Waals surface area contributed by atoms with Gasteiger partial charge >= 0.3 is 0 Å². The Morgan fingerprint density at radius 1 is 1.12 bits per heavy atom. The predicted molar refractivity (Wildman–Crippen MR) is 97.2 cm³/mol. The van der Waals surface area contributed by atoms with Crippen molar-refractivity contribution in [2.24, 2.45) is 5.92 Å². The third-order valence-corrected chi connectivity index (χ3v) is 5.06. The van der Waals surface area contributed by atoms with Crippen LogP contribution in [0.15, 0.2) is 54.6 Å². The van der Waals surface area contributed by atoms with Crippen LogP contribution in [0.25, 0.3) is 0 Å². The molecule has 0 bridgehead atoms. The van der Waals surface area contributed by atoms with Gasteiger partial charge in [0.15, 0.2) is 0 Å². The Labute approximate surface area is 144 Å². The smallest absolute Gasteiger partial charge is 0.118 e. The molecule has 24 heavy (non-hydrogen) atoms. The predicted octanol–water partition coefficient (Wildman–Crippen LogP) is 3.73. The summed E-state index contributed by atoms with van der Waals surface area (Å²) < 4.78 is 5.19. The summed E-state index contributed by atoms with van der Waals surface area (Å²) in [5, 5.41) is 14.4. The second-order valence-corrected chi connectivity index (χ2v) is 6.68. The Hall–Kier alpha value is -1.84. The summed E-state index contributed by atoms with van der Waals surface area (Å²) in [6, 6.07) is 18.9. The summed E-state index contributed by atoms with van der Waals surface area (Å²) in [6.07, 6.45) is 3.87. The molecule has 128 valence electrons. The standard InChI is InChI=1S/C21H27NO2/c1-24-20-11-8-17(9-12-20)21(23)18-13-14-22-19(15-18)10-7-16-5-3-2-4-6-16/h2-6,8-9,11-12,18-19,21-23H,7,10,13-15H2,1H3. The van der Waals surface area contributed by atoms with E-state index in [9.17, 15) is 5.11 Å². The summed E-state index contributed by atoms with van der Waals surface area (Å²) in [6.45, 7) is 0.983. The Kier molecular flexibility index (Phi) is 5.89. The van der Waals surface area contributed by atoms with Crippen LogP contribution in [-0.2, 0) is 6.42 Å². The van der Waals surface area contributed by atoms with Gasteiger partial charge in [-0.1, -0.05) is 42.5 Å². The second-order valence-electron chi connectivity index (χ2n) is 6.68. The third kappa shape index (κ3) is 4.37. The molecule has 0 saturated carbocycles. The van der Waals surface area contributed by atoms with Gasteiger partial charge in [0.25, 0.3) is 0 Å². The first-order valence-corrected chi connectivity index (χ1v) is 8.85. The molecule has 3 atom stereocenters. The average molecular weight is 325 g/mol. The molecule has 2 aromatic carbocycles. The van der Waals surface area contributed by atoms with Gasteiger partial charge in [0, 0.05) is 6.04 Å². The Morgan fingerprint density at radius 2 is 1.88 bits per heavy atom. The minimum atomic E-state index is -0.391. The van der Waals surface area contributed by atoms with Gasteiger partial charge < -0.3 is 15.2 Å². The summed E-state index contributed by atoms with van der Waals surface area (Å²) in [5.41, 5.74) is 2.38. The van der Waals surface area contributed by atoms with E-state index in [1.807, 2.05) is 24.3 Å². The van der Waals surface area contributed by atoms with Crippen LogP contribution in [-0.4, -0.2) is 24.8 Å².